The van der Waals surface area contributed by atoms with Crippen LogP contribution in [0.15, 0.2) is 26.7 Å². The Balaban J connectivity index is 2.32. The van der Waals surface area contributed by atoms with Crippen molar-refractivity contribution in [1.82, 2.24) is 5.32 Å². The molecule has 5 heteroatoms. The lowest BCUT2D eigenvalue weighted by Gasteiger charge is -2.17. The quantitative estimate of drug-likeness (QED) is 0.770. The predicted molar refractivity (Wildman–Crippen MR) is 81.5 cm³/mol. The third-order valence-electron chi connectivity index (χ3n) is 2.46. The molecule has 1 atom stereocenters. The van der Waals surface area contributed by atoms with Gasteiger partial charge in [0.1, 0.15) is 0 Å². The number of thiophene rings is 2. The van der Waals surface area contributed by atoms with E-state index in [1.807, 2.05) is 11.4 Å². The first-order valence-corrected chi connectivity index (χ1v) is 8.41. The van der Waals surface area contributed by atoms with Crippen LogP contribution in [0.2, 0.25) is 5.02 Å². The van der Waals surface area contributed by atoms with Crippen molar-refractivity contribution in [2.24, 2.45) is 0 Å². The highest BCUT2D eigenvalue weighted by atomic mass is 79.9. The maximum Gasteiger partial charge on any atom is 0.0705 e. The van der Waals surface area contributed by atoms with Crippen molar-refractivity contribution in [3.63, 3.8) is 0 Å². The molecule has 0 bridgehead atoms. The largest absolute Gasteiger partial charge is 0.305 e. The molecule has 0 aliphatic carbocycles. The molecule has 17 heavy (non-hydrogen) atoms. The Kier molecular flexibility index (Phi) is 5.06. The Morgan fingerprint density at radius 2 is 2.29 bits per heavy atom. The normalized spacial score (nSPS) is 12.9. The van der Waals surface area contributed by atoms with Gasteiger partial charge in [0.25, 0.3) is 0 Å². The van der Waals surface area contributed by atoms with Gasteiger partial charge in [-0.25, -0.2) is 0 Å². The second-order valence-electron chi connectivity index (χ2n) is 3.69. The molecule has 1 unspecified atom stereocenters. The van der Waals surface area contributed by atoms with Crippen molar-refractivity contribution in [2.75, 3.05) is 6.54 Å². The van der Waals surface area contributed by atoms with E-state index in [0.29, 0.717) is 0 Å². The van der Waals surface area contributed by atoms with E-state index in [9.17, 15) is 0 Å². The molecule has 2 rings (SSSR count). The minimum Gasteiger partial charge on any atom is -0.305 e. The van der Waals surface area contributed by atoms with Crippen LogP contribution < -0.4 is 5.32 Å². The van der Waals surface area contributed by atoms with Crippen LogP contribution in [0, 0.1) is 0 Å². The lowest BCUT2D eigenvalue weighted by Crippen LogP contribution is -2.22. The number of nitrogens with one attached hydrogen (secondary N) is 1. The van der Waals surface area contributed by atoms with Crippen molar-refractivity contribution >= 4 is 50.2 Å². The van der Waals surface area contributed by atoms with Crippen molar-refractivity contribution in [1.29, 1.82) is 0 Å². The van der Waals surface area contributed by atoms with Crippen molar-refractivity contribution in [3.05, 3.63) is 42.1 Å². The number of hydrogen-bond acceptors (Lipinski definition) is 3. The number of hydrogen-bond donors (Lipinski definition) is 1. The monoisotopic (exact) mass is 349 g/mol. The Bertz CT molecular complexity index is 440. The maximum atomic E-state index is 6.24. The summed E-state index contributed by atoms with van der Waals surface area (Å²) in [4.78, 5) is 1.19. The Labute approximate surface area is 123 Å². The summed E-state index contributed by atoms with van der Waals surface area (Å²) in [5, 5.41) is 10.7. The highest BCUT2D eigenvalue weighted by molar-refractivity contribution is 9.10. The average molecular weight is 351 g/mol. The van der Waals surface area contributed by atoms with Gasteiger partial charge in [0.05, 0.1) is 11.1 Å². The van der Waals surface area contributed by atoms with Gasteiger partial charge in [-0.1, -0.05) is 18.5 Å². The molecule has 0 spiro atoms. The van der Waals surface area contributed by atoms with Crippen LogP contribution >= 0.6 is 50.2 Å². The van der Waals surface area contributed by atoms with E-state index in [0.717, 1.165) is 22.5 Å². The van der Waals surface area contributed by atoms with Gasteiger partial charge in [-0.15, -0.1) is 11.3 Å². The lowest BCUT2D eigenvalue weighted by atomic mass is 10.1. The molecule has 2 heterocycles. The fourth-order valence-corrected chi connectivity index (χ4v) is 4.45. The van der Waals surface area contributed by atoms with E-state index >= 15 is 0 Å². The first-order valence-electron chi connectivity index (χ1n) is 5.42. The van der Waals surface area contributed by atoms with Crippen molar-refractivity contribution in [2.45, 2.75) is 19.4 Å². The SMILES string of the molecule is CCCNC(c1cscc1Br)c1sccc1Cl. The number of rotatable bonds is 5. The first-order chi connectivity index (χ1) is 8.24. The van der Waals surface area contributed by atoms with Gasteiger partial charge in [-0.05, 0) is 51.3 Å². The maximum absolute atomic E-state index is 6.24. The minimum absolute atomic E-state index is 0.197. The van der Waals surface area contributed by atoms with Crippen molar-refractivity contribution in [3.8, 4) is 0 Å². The zero-order valence-corrected chi connectivity index (χ0v) is 13.3. The summed E-state index contributed by atoms with van der Waals surface area (Å²) in [6, 6.07) is 2.16. The van der Waals surface area contributed by atoms with Gasteiger partial charge >= 0.3 is 0 Å². The Morgan fingerprint density at radius 3 is 2.82 bits per heavy atom. The van der Waals surface area contributed by atoms with Gasteiger partial charge in [0.15, 0.2) is 0 Å². The standard InChI is InChI=1S/C12H13BrClNS2/c1-2-4-15-11(8-6-16-7-9(8)13)12-10(14)3-5-17-12/h3,5-7,11,15H,2,4H2,1H3. The minimum atomic E-state index is 0.197. The first kappa shape index (κ1) is 13.6. The summed E-state index contributed by atoms with van der Waals surface area (Å²) in [6.07, 6.45) is 1.11. The molecule has 0 aromatic carbocycles. The highest BCUT2D eigenvalue weighted by Crippen LogP contribution is 2.37. The topological polar surface area (TPSA) is 12.0 Å². The molecule has 92 valence electrons. The van der Waals surface area contributed by atoms with Crippen molar-refractivity contribution < 1.29 is 0 Å². The predicted octanol–water partition coefficient (Wildman–Crippen LogP) is 5.31. The van der Waals surface area contributed by atoms with Gasteiger partial charge in [-0.2, -0.15) is 11.3 Å². The second-order valence-corrected chi connectivity index (χ2v) is 6.65. The molecule has 0 amide bonds. The third-order valence-corrected chi connectivity index (χ3v) is 5.63. The molecule has 0 aliphatic rings. The van der Waals surface area contributed by atoms with Crippen LogP contribution in [-0.4, -0.2) is 6.54 Å². The zero-order chi connectivity index (χ0) is 12.3. The van der Waals surface area contributed by atoms with Gasteiger partial charge < -0.3 is 5.32 Å². The molecule has 2 aromatic heterocycles. The van der Waals surface area contributed by atoms with E-state index in [1.165, 1.54) is 10.4 Å². The van der Waals surface area contributed by atoms with E-state index in [2.05, 4.69) is 38.9 Å². The van der Waals surface area contributed by atoms with Crippen LogP contribution in [0.4, 0.5) is 0 Å². The van der Waals surface area contributed by atoms with E-state index in [4.69, 9.17) is 11.6 Å². The van der Waals surface area contributed by atoms with Gasteiger partial charge in [0.2, 0.25) is 0 Å². The molecule has 2 aromatic rings. The molecule has 0 radical (unpaired) electrons. The molecule has 0 aliphatic heterocycles. The molecule has 1 N–H and O–H groups in total. The summed E-state index contributed by atoms with van der Waals surface area (Å²) < 4.78 is 1.15. The fraction of sp³-hybridized carbons (Fsp3) is 0.333. The van der Waals surface area contributed by atoms with Gasteiger partial charge in [-0.3, -0.25) is 0 Å². The molecule has 0 saturated heterocycles. The van der Waals surface area contributed by atoms with Gasteiger partial charge in [0, 0.05) is 14.7 Å². The average Bonchev–Trinajstić information content (AvgIpc) is 2.90. The van der Waals surface area contributed by atoms with E-state index < -0.39 is 0 Å². The molecule has 0 fully saturated rings. The summed E-state index contributed by atoms with van der Waals surface area (Å²) in [6.45, 7) is 3.16. The van der Waals surface area contributed by atoms with Crippen LogP contribution in [0.1, 0.15) is 29.8 Å². The Morgan fingerprint density at radius 1 is 1.47 bits per heavy atom. The summed E-state index contributed by atoms with van der Waals surface area (Å²) in [5.41, 5.74) is 1.27. The zero-order valence-electron chi connectivity index (χ0n) is 9.37. The Hall–Kier alpha value is 0.130. The lowest BCUT2D eigenvalue weighted by molar-refractivity contribution is 0.606. The van der Waals surface area contributed by atoms with Crippen LogP contribution in [0.3, 0.4) is 0 Å². The fourth-order valence-electron chi connectivity index (χ4n) is 1.64. The molecule has 0 saturated carbocycles. The second kappa shape index (κ2) is 6.34. The van der Waals surface area contributed by atoms with Crippen LogP contribution in [0.25, 0.3) is 0 Å². The third kappa shape index (κ3) is 3.12. The summed E-state index contributed by atoms with van der Waals surface area (Å²) in [5.74, 6) is 0. The number of halogens is 2. The highest BCUT2D eigenvalue weighted by Gasteiger charge is 2.20. The molecular formula is C12H13BrClNS2. The van der Waals surface area contributed by atoms with E-state index in [-0.39, 0.29) is 6.04 Å². The molecule has 1 nitrogen and oxygen atoms in total. The summed E-state index contributed by atoms with van der Waals surface area (Å²) in [7, 11) is 0. The van der Waals surface area contributed by atoms with Crippen LogP contribution in [-0.2, 0) is 0 Å². The van der Waals surface area contributed by atoms with E-state index in [1.54, 1.807) is 22.7 Å². The summed E-state index contributed by atoms with van der Waals surface area (Å²) >= 11 is 13.3. The van der Waals surface area contributed by atoms with Crippen LogP contribution in [0.5, 0.6) is 0 Å². The molecular weight excluding hydrogens is 338 g/mol. The smallest absolute Gasteiger partial charge is 0.0705 e.